The van der Waals surface area contributed by atoms with Crippen LogP contribution < -0.4 is 25.0 Å². The first-order valence-corrected chi connectivity index (χ1v) is 10.8. The number of ether oxygens (including phenoxy) is 2. The molecular weight excluding hydrogens is 404 g/mol. The number of hydrogen-bond acceptors (Lipinski definition) is 5. The summed E-state index contributed by atoms with van der Waals surface area (Å²) in [6, 6.07) is 23.6. The molecule has 3 aromatic carbocycles. The van der Waals surface area contributed by atoms with Gasteiger partial charge in [-0.05, 0) is 42.0 Å². The van der Waals surface area contributed by atoms with Crippen molar-refractivity contribution >= 4 is 23.1 Å². The van der Waals surface area contributed by atoms with Gasteiger partial charge in [0.25, 0.3) is 0 Å². The van der Waals surface area contributed by atoms with Gasteiger partial charge in [0, 0.05) is 55.9 Å². The molecule has 7 nitrogen and oxygen atoms in total. The van der Waals surface area contributed by atoms with E-state index in [0.717, 1.165) is 38.4 Å². The molecule has 0 atom stereocenters. The van der Waals surface area contributed by atoms with Crippen molar-refractivity contribution < 1.29 is 14.3 Å². The molecule has 2 heterocycles. The highest BCUT2D eigenvalue weighted by molar-refractivity contribution is 5.99. The van der Waals surface area contributed by atoms with Crippen molar-refractivity contribution in [3.8, 4) is 11.5 Å². The van der Waals surface area contributed by atoms with E-state index in [2.05, 4.69) is 62.9 Å². The third kappa shape index (κ3) is 4.78. The number of rotatable bonds is 5. The Kier molecular flexibility index (Phi) is 5.81. The molecule has 0 bridgehead atoms. The zero-order valence-electron chi connectivity index (χ0n) is 17.8. The fourth-order valence-electron chi connectivity index (χ4n) is 4.02. The zero-order valence-corrected chi connectivity index (χ0v) is 17.8. The first kappa shape index (κ1) is 20.2. The van der Waals surface area contributed by atoms with E-state index in [0.29, 0.717) is 17.2 Å². The number of fused-ring (bicyclic) bond motifs is 1. The summed E-state index contributed by atoms with van der Waals surface area (Å²) in [7, 11) is 0. The third-order valence-electron chi connectivity index (χ3n) is 5.74. The number of anilines is 3. The van der Waals surface area contributed by atoms with Crippen molar-refractivity contribution in [2.45, 2.75) is 6.54 Å². The molecule has 1 saturated heterocycles. The molecule has 0 unspecified atom stereocenters. The smallest absolute Gasteiger partial charge is 0.323 e. The predicted octanol–water partition coefficient (Wildman–Crippen LogP) is 4.38. The first-order chi connectivity index (χ1) is 15.7. The van der Waals surface area contributed by atoms with Crippen molar-refractivity contribution in [3.05, 3.63) is 78.4 Å². The molecule has 2 amide bonds. The molecule has 1 fully saturated rings. The molecule has 7 heteroatoms. The summed E-state index contributed by atoms with van der Waals surface area (Å²) in [6.07, 6.45) is 0. The van der Waals surface area contributed by atoms with Gasteiger partial charge in [0.15, 0.2) is 11.5 Å². The predicted molar refractivity (Wildman–Crippen MR) is 126 cm³/mol. The first-order valence-electron chi connectivity index (χ1n) is 10.8. The SMILES string of the molecule is O=C(Nc1ccc(CN2CCN(c3ccccc3)CC2)cc1)Nc1ccc2c(c1)OCO2. The van der Waals surface area contributed by atoms with Crippen molar-refractivity contribution in [2.75, 3.05) is 48.5 Å². The molecule has 2 aliphatic rings. The van der Waals surface area contributed by atoms with Gasteiger partial charge in [-0.25, -0.2) is 4.79 Å². The molecule has 0 aromatic heterocycles. The standard InChI is InChI=1S/C25H26N4O3/c30-25(27-21-10-11-23-24(16-21)32-18-31-23)26-20-8-6-19(7-9-20)17-28-12-14-29(15-13-28)22-4-2-1-3-5-22/h1-11,16H,12-15,17-18H2,(H2,26,27,30). The molecule has 3 aromatic rings. The molecule has 2 aliphatic heterocycles. The van der Waals surface area contributed by atoms with Gasteiger partial charge in [-0.15, -0.1) is 0 Å². The van der Waals surface area contributed by atoms with Crippen LogP contribution in [0.1, 0.15) is 5.56 Å². The van der Waals surface area contributed by atoms with Gasteiger partial charge < -0.3 is 25.0 Å². The van der Waals surface area contributed by atoms with Crippen molar-refractivity contribution in [1.29, 1.82) is 0 Å². The minimum atomic E-state index is -0.298. The average Bonchev–Trinajstić information content (AvgIpc) is 3.29. The Morgan fingerprint density at radius 2 is 1.47 bits per heavy atom. The van der Waals surface area contributed by atoms with Crippen LogP contribution in [0, 0.1) is 0 Å². The second-order valence-corrected chi connectivity index (χ2v) is 7.94. The topological polar surface area (TPSA) is 66.1 Å². The summed E-state index contributed by atoms with van der Waals surface area (Å²) in [4.78, 5) is 17.2. The highest BCUT2D eigenvalue weighted by atomic mass is 16.7. The van der Waals surface area contributed by atoms with Crippen LogP contribution in [0.2, 0.25) is 0 Å². The summed E-state index contributed by atoms with van der Waals surface area (Å²) in [5.74, 6) is 1.32. The van der Waals surface area contributed by atoms with E-state index in [4.69, 9.17) is 9.47 Å². The van der Waals surface area contributed by atoms with Crippen LogP contribution >= 0.6 is 0 Å². The number of piperazine rings is 1. The Morgan fingerprint density at radius 1 is 0.781 bits per heavy atom. The lowest BCUT2D eigenvalue weighted by Crippen LogP contribution is -2.45. The molecule has 32 heavy (non-hydrogen) atoms. The maximum Gasteiger partial charge on any atom is 0.323 e. The van der Waals surface area contributed by atoms with Gasteiger partial charge in [-0.1, -0.05) is 30.3 Å². The average molecular weight is 431 g/mol. The Bertz CT molecular complexity index is 1060. The van der Waals surface area contributed by atoms with E-state index in [9.17, 15) is 4.79 Å². The maximum absolute atomic E-state index is 12.3. The number of nitrogens with zero attached hydrogens (tertiary/aromatic N) is 2. The molecule has 0 saturated carbocycles. The lowest BCUT2D eigenvalue weighted by Gasteiger charge is -2.36. The summed E-state index contributed by atoms with van der Waals surface area (Å²) in [5.41, 5.74) is 3.93. The minimum Gasteiger partial charge on any atom is -0.454 e. The highest BCUT2D eigenvalue weighted by Crippen LogP contribution is 2.34. The number of nitrogens with one attached hydrogen (secondary N) is 2. The summed E-state index contributed by atoms with van der Waals surface area (Å²) < 4.78 is 10.6. The van der Waals surface area contributed by atoms with E-state index in [1.807, 2.05) is 12.1 Å². The van der Waals surface area contributed by atoms with Crippen LogP contribution in [0.4, 0.5) is 21.9 Å². The quantitative estimate of drug-likeness (QED) is 0.629. The van der Waals surface area contributed by atoms with Gasteiger partial charge in [-0.2, -0.15) is 0 Å². The van der Waals surface area contributed by atoms with Crippen molar-refractivity contribution in [1.82, 2.24) is 4.90 Å². The minimum absolute atomic E-state index is 0.208. The number of benzene rings is 3. The molecule has 0 radical (unpaired) electrons. The van der Waals surface area contributed by atoms with Crippen LogP contribution in [-0.4, -0.2) is 43.9 Å². The van der Waals surface area contributed by atoms with Crippen LogP contribution in [-0.2, 0) is 6.54 Å². The van der Waals surface area contributed by atoms with E-state index in [1.165, 1.54) is 11.3 Å². The second-order valence-electron chi connectivity index (χ2n) is 7.94. The number of carbonyl (C=O) groups is 1. The molecule has 164 valence electrons. The van der Waals surface area contributed by atoms with Crippen molar-refractivity contribution in [3.63, 3.8) is 0 Å². The maximum atomic E-state index is 12.3. The second kappa shape index (κ2) is 9.20. The van der Waals surface area contributed by atoms with Crippen LogP contribution in [0.3, 0.4) is 0 Å². The number of para-hydroxylation sites is 1. The number of hydrogen-bond donors (Lipinski definition) is 2. The molecular formula is C25H26N4O3. The van der Waals surface area contributed by atoms with E-state index in [-0.39, 0.29) is 12.8 Å². The largest absolute Gasteiger partial charge is 0.454 e. The highest BCUT2D eigenvalue weighted by Gasteiger charge is 2.17. The fourth-order valence-corrected chi connectivity index (χ4v) is 4.02. The number of carbonyl (C=O) groups excluding carboxylic acids is 1. The Balaban J connectivity index is 1.10. The molecule has 0 aliphatic carbocycles. The van der Waals surface area contributed by atoms with E-state index >= 15 is 0 Å². The Hall–Kier alpha value is -3.71. The van der Waals surface area contributed by atoms with E-state index in [1.54, 1.807) is 18.2 Å². The lowest BCUT2D eigenvalue weighted by atomic mass is 10.1. The number of amides is 2. The Labute approximate surface area is 187 Å². The van der Waals surface area contributed by atoms with Gasteiger partial charge in [0.1, 0.15) is 0 Å². The normalized spacial score (nSPS) is 15.4. The summed E-state index contributed by atoms with van der Waals surface area (Å²) in [6.45, 7) is 5.25. The lowest BCUT2D eigenvalue weighted by molar-refractivity contribution is 0.174. The van der Waals surface area contributed by atoms with Gasteiger partial charge >= 0.3 is 6.03 Å². The molecule has 5 rings (SSSR count). The fraction of sp³-hybridized carbons (Fsp3) is 0.240. The monoisotopic (exact) mass is 430 g/mol. The molecule has 2 N–H and O–H groups in total. The van der Waals surface area contributed by atoms with Crippen molar-refractivity contribution in [2.24, 2.45) is 0 Å². The summed E-state index contributed by atoms with van der Waals surface area (Å²) in [5, 5.41) is 5.69. The molecule has 0 spiro atoms. The zero-order chi connectivity index (χ0) is 21.8. The van der Waals surface area contributed by atoms with Gasteiger partial charge in [0.05, 0.1) is 0 Å². The van der Waals surface area contributed by atoms with Gasteiger partial charge in [0.2, 0.25) is 6.79 Å². The van der Waals surface area contributed by atoms with Gasteiger partial charge in [-0.3, -0.25) is 4.90 Å². The van der Waals surface area contributed by atoms with Crippen LogP contribution in [0.5, 0.6) is 11.5 Å². The third-order valence-corrected chi connectivity index (χ3v) is 5.74. The summed E-state index contributed by atoms with van der Waals surface area (Å²) >= 11 is 0. The number of urea groups is 1. The van der Waals surface area contributed by atoms with E-state index < -0.39 is 0 Å². The van der Waals surface area contributed by atoms with Crippen LogP contribution in [0.25, 0.3) is 0 Å². The van der Waals surface area contributed by atoms with Crippen LogP contribution in [0.15, 0.2) is 72.8 Å². The Morgan fingerprint density at radius 3 is 2.25 bits per heavy atom.